The van der Waals surface area contributed by atoms with Crippen molar-refractivity contribution in [2.75, 3.05) is 7.11 Å². The summed E-state index contributed by atoms with van der Waals surface area (Å²) in [5.41, 5.74) is 1.48. The van der Waals surface area contributed by atoms with Gasteiger partial charge in [-0.05, 0) is 24.3 Å². The van der Waals surface area contributed by atoms with Gasteiger partial charge in [0.05, 0.1) is 29.7 Å². The Morgan fingerprint density at radius 1 is 1.24 bits per heavy atom. The van der Waals surface area contributed by atoms with Crippen LogP contribution < -0.4 is 10.3 Å². The third-order valence-corrected chi connectivity index (χ3v) is 4.97. The van der Waals surface area contributed by atoms with Crippen LogP contribution >= 0.6 is 0 Å². The molecule has 29 heavy (non-hydrogen) atoms. The third kappa shape index (κ3) is 3.37. The molecule has 8 heteroatoms. The first-order chi connectivity index (χ1) is 14.0. The predicted molar refractivity (Wildman–Crippen MR) is 107 cm³/mol. The first kappa shape index (κ1) is 18.8. The number of fused-ring (bicyclic) bond motifs is 3. The van der Waals surface area contributed by atoms with Crippen LogP contribution in [0, 0.1) is 5.82 Å². The Labute approximate surface area is 165 Å². The molecule has 4 rings (SSSR count). The van der Waals surface area contributed by atoms with Gasteiger partial charge in [0.25, 0.3) is 5.56 Å². The second kappa shape index (κ2) is 7.46. The standard InChI is InChI=1S/C21H19FN4O3/c1-25-19-16-6-5-14(22)11-18(16)26(21(28)17(19)12-24-25)9-7-15(27)10-13-4-3-8-23-20(13)29-2/h3-6,8,11-12H,7,9-10H2,1-2H3. The summed E-state index contributed by atoms with van der Waals surface area (Å²) in [6, 6.07) is 7.82. The van der Waals surface area contributed by atoms with Gasteiger partial charge in [-0.25, -0.2) is 9.37 Å². The lowest BCUT2D eigenvalue weighted by Crippen LogP contribution is -2.23. The first-order valence-electron chi connectivity index (χ1n) is 9.13. The van der Waals surface area contributed by atoms with Gasteiger partial charge in [0.2, 0.25) is 5.88 Å². The molecule has 0 spiro atoms. The number of benzene rings is 1. The van der Waals surface area contributed by atoms with Crippen molar-refractivity contribution in [3.8, 4) is 5.88 Å². The molecule has 0 radical (unpaired) electrons. The van der Waals surface area contributed by atoms with E-state index < -0.39 is 5.82 Å². The molecule has 0 aliphatic rings. The molecule has 1 aromatic carbocycles. The van der Waals surface area contributed by atoms with Gasteiger partial charge in [-0.15, -0.1) is 0 Å². The van der Waals surface area contributed by atoms with Crippen LogP contribution in [0.4, 0.5) is 4.39 Å². The fraction of sp³-hybridized carbons (Fsp3) is 0.238. The summed E-state index contributed by atoms with van der Waals surface area (Å²) in [7, 11) is 3.24. The van der Waals surface area contributed by atoms with Crippen molar-refractivity contribution in [1.29, 1.82) is 0 Å². The number of methoxy groups -OCH3 is 1. The third-order valence-electron chi connectivity index (χ3n) is 4.97. The molecular weight excluding hydrogens is 375 g/mol. The maximum absolute atomic E-state index is 13.9. The molecule has 0 N–H and O–H groups in total. The highest BCUT2D eigenvalue weighted by Gasteiger charge is 2.16. The Morgan fingerprint density at radius 3 is 2.86 bits per heavy atom. The lowest BCUT2D eigenvalue weighted by Gasteiger charge is -2.12. The molecule has 0 amide bonds. The van der Waals surface area contributed by atoms with Gasteiger partial charge >= 0.3 is 0 Å². The fourth-order valence-corrected chi connectivity index (χ4v) is 3.60. The average molecular weight is 394 g/mol. The number of hydrogen-bond donors (Lipinski definition) is 0. The van der Waals surface area contributed by atoms with Crippen molar-refractivity contribution in [1.82, 2.24) is 19.3 Å². The van der Waals surface area contributed by atoms with Gasteiger partial charge in [0.1, 0.15) is 11.6 Å². The number of aryl methyl sites for hydroxylation is 2. The number of rotatable bonds is 6. The topological polar surface area (TPSA) is 79.0 Å². The minimum atomic E-state index is -0.446. The van der Waals surface area contributed by atoms with E-state index >= 15 is 0 Å². The monoisotopic (exact) mass is 394 g/mol. The second-order valence-electron chi connectivity index (χ2n) is 6.79. The maximum Gasteiger partial charge on any atom is 0.262 e. The van der Waals surface area contributed by atoms with Crippen LogP contribution in [0.25, 0.3) is 21.8 Å². The van der Waals surface area contributed by atoms with Crippen molar-refractivity contribution in [2.45, 2.75) is 19.4 Å². The number of halogens is 1. The van der Waals surface area contributed by atoms with Gasteiger partial charge in [-0.2, -0.15) is 5.10 Å². The summed E-state index contributed by atoms with van der Waals surface area (Å²) in [6.45, 7) is 0.144. The maximum atomic E-state index is 13.9. The molecular formula is C21H19FN4O3. The van der Waals surface area contributed by atoms with Gasteiger partial charge in [-0.3, -0.25) is 14.3 Å². The predicted octanol–water partition coefficient (Wildman–Crippen LogP) is 2.63. The summed E-state index contributed by atoms with van der Waals surface area (Å²) < 4.78 is 22.1. The summed E-state index contributed by atoms with van der Waals surface area (Å²) in [5.74, 6) is -0.111. The Hall–Kier alpha value is -3.55. The van der Waals surface area contributed by atoms with Crippen molar-refractivity contribution in [3.63, 3.8) is 0 Å². The number of pyridine rings is 2. The normalized spacial score (nSPS) is 11.3. The SMILES string of the molecule is COc1ncccc1CC(=O)CCn1c(=O)c2cnn(C)c2c2ccc(F)cc21. The lowest BCUT2D eigenvalue weighted by molar-refractivity contribution is -0.118. The lowest BCUT2D eigenvalue weighted by atomic mass is 10.1. The van der Waals surface area contributed by atoms with Crippen LogP contribution in [0.1, 0.15) is 12.0 Å². The Bertz CT molecular complexity index is 1290. The average Bonchev–Trinajstić information content (AvgIpc) is 3.10. The zero-order chi connectivity index (χ0) is 20.5. The van der Waals surface area contributed by atoms with E-state index in [0.717, 1.165) is 0 Å². The molecule has 148 valence electrons. The molecule has 4 aromatic rings. The summed E-state index contributed by atoms with van der Waals surface area (Å²) in [5, 5.41) is 5.31. The molecule has 0 saturated heterocycles. The molecule has 0 atom stereocenters. The van der Waals surface area contributed by atoms with Crippen molar-refractivity contribution >= 4 is 27.6 Å². The molecule has 0 bridgehead atoms. The molecule has 0 fully saturated rings. The smallest absolute Gasteiger partial charge is 0.262 e. The van der Waals surface area contributed by atoms with E-state index in [9.17, 15) is 14.0 Å². The largest absolute Gasteiger partial charge is 0.481 e. The van der Waals surface area contributed by atoms with E-state index in [2.05, 4.69) is 10.1 Å². The number of carbonyl (C=O) groups excluding carboxylic acids is 1. The molecule has 0 unspecified atom stereocenters. The second-order valence-corrected chi connectivity index (χ2v) is 6.79. The number of nitrogens with zero attached hydrogens (tertiary/aromatic N) is 4. The number of aromatic nitrogens is 4. The van der Waals surface area contributed by atoms with Gasteiger partial charge in [-0.1, -0.05) is 6.07 Å². The summed E-state index contributed by atoms with van der Waals surface area (Å²) in [4.78, 5) is 29.6. The van der Waals surface area contributed by atoms with E-state index in [4.69, 9.17) is 4.74 Å². The van der Waals surface area contributed by atoms with Crippen LogP contribution in [0.15, 0.2) is 47.5 Å². The van der Waals surface area contributed by atoms with Crippen molar-refractivity contribution in [2.24, 2.45) is 7.05 Å². The highest BCUT2D eigenvalue weighted by atomic mass is 19.1. The zero-order valence-electron chi connectivity index (χ0n) is 16.1. The van der Waals surface area contributed by atoms with Crippen LogP contribution in [0.3, 0.4) is 0 Å². The van der Waals surface area contributed by atoms with Crippen LogP contribution in [0.2, 0.25) is 0 Å². The number of Topliss-reactive ketones (excluding diaryl/α,β-unsaturated/α-hetero) is 1. The zero-order valence-corrected chi connectivity index (χ0v) is 16.1. The van der Waals surface area contributed by atoms with E-state index in [0.29, 0.717) is 33.2 Å². The van der Waals surface area contributed by atoms with Crippen molar-refractivity contribution in [3.05, 3.63) is 64.5 Å². The van der Waals surface area contributed by atoms with Crippen LogP contribution in [0.5, 0.6) is 5.88 Å². The Balaban J connectivity index is 1.68. The molecule has 3 aromatic heterocycles. The van der Waals surface area contributed by atoms with Gasteiger partial charge in [0, 0.05) is 43.6 Å². The Morgan fingerprint density at radius 2 is 2.07 bits per heavy atom. The van der Waals surface area contributed by atoms with Crippen LogP contribution in [-0.4, -0.2) is 32.2 Å². The minimum Gasteiger partial charge on any atom is -0.481 e. The van der Waals surface area contributed by atoms with E-state index in [1.807, 2.05) is 0 Å². The molecule has 7 nitrogen and oxygen atoms in total. The number of ether oxygens (including phenoxy) is 1. The van der Waals surface area contributed by atoms with E-state index in [-0.39, 0.29) is 30.7 Å². The highest BCUT2D eigenvalue weighted by molar-refractivity contribution is 6.03. The van der Waals surface area contributed by atoms with Gasteiger partial charge < -0.3 is 9.30 Å². The highest BCUT2D eigenvalue weighted by Crippen LogP contribution is 2.23. The number of ketones is 1. The molecule has 0 aliphatic heterocycles. The molecule has 0 aliphatic carbocycles. The molecule has 0 saturated carbocycles. The fourth-order valence-electron chi connectivity index (χ4n) is 3.60. The van der Waals surface area contributed by atoms with Gasteiger partial charge in [0.15, 0.2) is 0 Å². The summed E-state index contributed by atoms with van der Waals surface area (Å²) in [6.07, 6.45) is 3.36. The van der Waals surface area contributed by atoms with Crippen molar-refractivity contribution < 1.29 is 13.9 Å². The number of hydrogen-bond acceptors (Lipinski definition) is 5. The first-order valence-corrected chi connectivity index (χ1v) is 9.13. The number of carbonyl (C=O) groups is 1. The molecule has 3 heterocycles. The summed E-state index contributed by atoms with van der Waals surface area (Å²) >= 11 is 0. The van der Waals surface area contributed by atoms with Crippen LogP contribution in [-0.2, 0) is 24.8 Å². The van der Waals surface area contributed by atoms with E-state index in [1.165, 1.54) is 30.0 Å². The van der Waals surface area contributed by atoms with E-state index in [1.54, 1.807) is 36.1 Å². The quantitative estimate of drug-likeness (QED) is 0.502. The Kier molecular flexibility index (Phi) is 4.84. The minimum absolute atomic E-state index is 0.0703.